The zero-order valence-corrected chi connectivity index (χ0v) is 10.0. The van der Waals surface area contributed by atoms with Crippen molar-refractivity contribution in [1.82, 2.24) is 0 Å². The van der Waals surface area contributed by atoms with Crippen LogP contribution in [0.5, 0.6) is 0 Å². The van der Waals surface area contributed by atoms with Crippen LogP contribution in [0.1, 0.15) is 15.9 Å². The van der Waals surface area contributed by atoms with Crippen LogP contribution in [-0.4, -0.2) is 5.78 Å². The van der Waals surface area contributed by atoms with Crippen LogP contribution in [0.25, 0.3) is 0 Å². The standard InChI is InChI=1S/C14H9ClF2O/c15-11-5-2-6-12(17)14(11)13(18)8-9-3-1-4-10(16)7-9/h1-7H,8H2. The van der Waals surface area contributed by atoms with Gasteiger partial charge >= 0.3 is 0 Å². The highest BCUT2D eigenvalue weighted by Crippen LogP contribution is 2.21. The molecule has 2 aromatic rings. The number of ketones is 1. The van der Waals surface area contributed by atoms with Crippen LogP contribution in [-0.2, 0) is 6.42 Å². The summed E-state index contributed by atoms with van der Waals surface area (Å²) in [7, 11) is 0. The lowest BCUT2D eigenvalue weighted by atomic mass is 10.0. The molecule has 0 atom stereocenters. The highest BCUT2D eigenvalue weighted by atomic mass is 35.5. The smallest absolute Gasteiger partial charge is 0.171 e. The summed E-state index contributed by atoms with van der Waals surface area (Å²) in [4.78, 5) is 11.9. The van der Waals surface area contributed by atoms with Crippen molar-refractivity contribution in [1.29, 1.82) is 0 Å². The van der Waals surface area contributed by atoms with E-state index in [0.717, 1.165) is 0 Å². The Bertz CT molecular complexity index is 576. The number of Topliss-reactive ketones (excluding diaryl/α,β-unsaturated/α-hetero) is 1. The molecule has 2 rings (SSSR count). The highest BCUT2D eigenvalue weighted by Gasteiger charge is 2.16. The SMILES string of the molecule is O=C(Cc1cccc(F)c1)c1c(F)cccc1Cl. The minimum absolute atomic E-state index is 0.0661. The van der Waals surface area contributed by atoms with Crippen molar-refractivity contribution in [2.45, 2.75) is 6.42 Å². The van der Waals surface area contributed by atoms with E-state index in [0.29, 0.717) is 5.56 Å². The van der Waals surface area contributed by atoms with Crippen molar-refractivity contribution >= 4 is 17.4 Å². The maximum Gasteiger partial charge on any atom is 0.171 e. The molecule has 18 heavy (non-hydrogen) atoms. The first-order valence-electron chi connectivity index (χ1n) is 5.29. The van der Waals surface area contributed by atoms with E-state index >= 15 is 0 Å². The first kappa shape index (κ1) is 12.7. The molecule has 4 heteroatoms. The second-order valence-electron chi connectivity index (χ2n) is 3.83. The van der Waals surface area contributed by atoms with Gasteiger partial charge in [-0.05, 0) is 29.8 Å². The lowest BCUT2D eigenvalue weighted by Gasteiger charge is -2.05. The average molecular weight is 267 g/mol. The Balaban J connectivity index is 2.28. The molecule has 0 fully saturated rings. The fourth-order valence-corrected chi connectivity index (χ4v) is 1.95. The highest BCUT2D eigenvalue weighted by molar-refractivity contribution is 6.34. The molecular formula is C14H9ClF2O. The molecule has 1 nitrogen and oxygen atoms in total. The quantitative estimate of drug-likeness (QED) is 0.766. The van der Waals surface area contributed by atoms with Gasteiger partial charge in [-0.25, -0.2) is 8.78 Å². The Morgan fingerprint density at radius 1 is 1.11 bits per heavy atom. The van der Waals surface area contributed by atoms with Crippen molar-refractivity contribution in [3.63, 3.8) is 0 Å². The summed E-state index contributed by atoms with van der Waals surface area (Å²) < 4.78 is 26.5. The normalized spacial score (nSPS) is 10.4. The number of rotatable bonds is 3. The van der Waals surface area contributed by atoms with Crippen LogP contribution < -0.4 is 0 Å². The maximum absolute atomic E-state index is 13.5. The molecule has 0 amide bonds. The molecule has 0 unspecified atom stereocenters. The van der Waals surface area contributed by atoms with E-state index in [4.69, 9.17) is 11.6 Å². The largest absolute Gasteiger partial charge is 0.294 e. The van der Waals surface area contributed by atoms with E-state index in [9.17, 15) is 13.6 Å². The lowest BCUT2D eigenvalue weighted by molar-refractivity contribution is 0.0989. The van der Waals surface area contributed by atoms with Gasteiger partial charge in [0.1, 0.15) is 11.6 Å². The van der Waals surface area contributed by atoms with Crippen LogP contribution in [0, 0.1) is 11.6 Å². The Hall–Kier alpha value is -1.74. The van der Waals surface area contributed by atoms with E-state index in [2.05, 4.69) is 0 Å². The van der Waals surface area contributed by atoms with Crippen molar-refractivity contribution < 1.29 is 13.6 Å². The fourth-order valence-electron chi connectivity index (χ4n) is 1.68. The summed E-state index contributed by atoms with van der Waals surface area (Å²) in [5.74, 6) is -1.56. The summed E-state index contributed by atoms with van der Waals surface area (Å²) in [6.07, 6.45) is -0.0849. The van der Waals surface area contributed by atoms with E-state index < -0.39 is 17.4 Å². The molecule has 92 valence electrons. The van der Waals surface area contributed by atoms with Gasteiger partial charge in [0.2, 0.25) is 0 Å². The van der Waals surface area contributed by atoms with Crippen LogP contribution in [0.15, 0.2) is 42.5 Å². The van der Waals surface area contributed by atoms with Gasteiger partial charge in [-0.15, -0.1) is 0 Å². The van der Waals surface area contributed by atoms with E-state index in [1.165, 1.54) is 36.4 Å². The van der Waals surface area contributed by atoms with Crippen molar-refractivity contribution in [3.8, 4) is 0 Å². The molecule has 0 heterocycles. The molecule has 0 N–H and O–H groups in total. The van der Waals surface area contributed by atoms with Crippen LogP contribution >= 0.6 is 11.6 Å². The Morgan fingerprint density at radius 3 is 2.50 bits per heavy atom. The maximum atomic E-state index is 13.5. The van der Waals surface area contributed by atoms with E-state index in [1.54, 1.807) is 6.07 Å². The molecule has 2 aromatic carbocycles. The third-order valence-corrected chi connectivity index (χ3v) is 2.81. The predicted molar refractivity (Wildman–Crippen MR) is 65.8 cm³/mol. The van der Waals surface area contributed by atoms with E-state index in [1.807, 2.05) is 0 Å². The first-order chi connectivity index (χ1) is 8.58. The van der Waals surface area contributed by atoms with Gasteiger partial charge in [0.05, 0.1) is 10.6 Å². The number of carbonyl (C=O) groups excluding carboxylic acids is 1. The monoisotopic (exact) mass is 266 g/mol. The van der Waals surface area contributed by atoms with Crippen LogP contribution in [0.2, 0.25) is 5.02 Å². The zero-order valence-electron chi connectivity index (χ0n) is 9.29. The third kappa shape index (κ3) is 2.74. The summed E-state index contributed by atoms with van der Waals surface area (Å²) in [5, 5.41) is 0.0661. The van der Waals surface area contributed by atoms with Gasteiger partial charge in [0, 0.05) is 6.42 Å². The Kier molecular flexibility index (Phi) is 3.72. The predicted octanol–water partition coefficient (Wildman–Crippen LogP) is 4.04. The Labute approximate surface area is 108 Å². The zero-order chi connectivity index (χ0) is 13.1. The minimum Gasteiger partial charge on any atom is -0.294 e. The molecule has 0 aliphatic heterocycles. The third-order valence-electron chi connectivity index (χ3n) is 2.50. The number of carbonyl (C=O) groups is 1. The average Bonchev–Trinajstić information content (AvgIpc) is 2.28. The fraction of sp³-hybridized carbons (Fsp3) is 0.0714. The van der Waals surface area contributed by atoms with Crippen molar-refractivity contribution in [2.75, 3.05) is 0 Å². The number of benzene rings is 2. The van der Waals surface area contributed by atoms with Gasteiger partial charge < -0.3 is 0 Å². The summed E-state index contributed by atoms with van der Waals surface area (Å²) in [5.41, 5.74) is 0.336. The number of hydrogen-bond donors (Lipinski definition) is 0. The second kappa shape index (κ2) is 5.27. The number of hydrogen-bond acceptors (Lipinski definition) is 1. The molecule has 0 aliphatic carbocycles. The molecule has 0 aromatic heterocycles. The molecule has 0 aliphatic rings. The first-order valence-corrected chi connectivity index (χ1v) is 5.67. The van der Waals surface area contributed by atoms with E-state index in [-0.39, 0.29) is 17.0 Å². The van der Waals surface area contributed by atoms with Gasteiger partial charge in [-0.1, -0.05) is 29.8 Å². The van der Waals surface area contributed by atoms with Crippen molar-refractivity contribution in [3.05, 3.63) is 70.2 Å². The molecule has 0 bridgehead atoms. The van der Waals surface area contributed by atoms with Gasteiger partial charge in [-0.3, -0.25) is 4.79 Å². The summed E-state index contributed by atoms with van der Waals surface area (Å²) in [6, 6.07) is 9.68. The molecule has 0 radical (unpaired) electrons. The molecule has 0 spiro atoms. The molecule has 0 saturated heterocycles. The summed E-state index contributed by atoms with van der Waals surface area (Å²) in [6.45, 7) is 0. The topological polar surface area (TPSA) is 17.1 Å². The Morgan fingerprint density at radius 2 is 1.83 bits per heavy atom. The van der Waals surface area contributed by atoms with Gasteiger partial charge in [-0.2, -0.15) is 0 Å². The lowest BCUT2D eigenvalue weighted by Crippen LogP contribution is -2.07. The minimum atomic E-state index is -0.663. The number of halogens is 3. The van der Waals surface area contributed by atoms with Crippen molar-refractivity contribution in [2.24, 2.45) is 0 Å². The second-order valence-corrected chi connectivity index (χ2v) is 4.23. The molecular weight excluding hydrogens is 258 g/mol. The molecule has 0 saturated carbocycles. The van der Waals surface area contributed by atoms with Crippen LogP contribution in [0.4, 0.5) is 8.78 Å². The van der Waals surface area contributed by atoms with Crippen LogP contribution in [0.3, 0.4) is 0 Å². The van der Waals surface area contributed by atoms with Gasteiger partial charge in [0.15, 0.2) is 5.78 Å². The summed E-state index contributed by atoms with van der Waals surface area (Å²) >= 11 is 5.79. The van der Waals surface area contributed by atoms with Gasteiger partial charge in [0.25, 0.3) is 0 Å².